The summed E-state index contributed by atoms with van der Waals surface area (Å²) in [6.07, 6.45) is 3.21. The Labute approximate surface area is 115 Å². The van der Waals surface area contributed by atoms with Crippen molar-refractivity contribution in [2.45, 2.75) is 6.92 Å². The number of fused-ring (bicyclic) bond motifs is 1. The standard InChI is InChI=1S/C14H13N5O/c1-10-4-6-11(7-5-10)17-14(20)18-12-3-2-8-19-13(12)15-9-16-19/h2-9H,1H3,(H2,17,18,20). The van der Waals surface area contributed by atoms with Crippen molar-refractivity contribution in [2.24, 2.45) is 0 Å². The van der Waals surface area contributed by atoms with E-state index in [-0.39, 0.29) is 6.03 Å². The third-order valence-electron chi connectivity index (χ3n) is 2.86. The summed E-state index contributed by atoms with van der Waals surface area (Å²) < 4.78 is 1.60. The van der Waals surface area contributed by atoms with Crippen LogP contribution in [0, 0.1) is 6.92 Å². The Bertz CT molecular complexity index is 748. The molecule has 2 heterocycles. The Balaban J connectivity index is 1.76. The fourth-order valence-corrected chi connectivity index (χ4v) is 1.87. The van der Waals surface area contributed by atoms with Crippen LogP contribution in [0.4, 0.5) is 16.2 Å². The van der Waals surface area contributed by atoms with Crippen LogP contribution in [-0.4, -0.2) is 20.6 Å². The van der Waals surface area contributed by atoms with Crippen molar-refractivity contribution in [1.82, 2.24) is 14.6 Å². The molecule has 0 atom stereocenters. The number of urea groups is 1. The summed E-state index contributed by atoms with van der Waals surface area (Å²) >= 11 is 0. The van der Waals surface area contributed by atoms with E-state index in [1.54, 1.807) is 22.8 Å². The molecule has 0 unspecified atom stereocenters. The first-order valence-corrected chi connectivity index (χ1v) is 6.15. The number of carbonyl (C=O) groups is 1. The average molecular weight is 267 g/mol. The number of rotatable bonds is 2. The van der Waals surface area contributed by atoms with Gasteiger partial charge in [0.15, 0.2) is 5.65 Å². The van der Waals surface area contributed by atoms with Crippen molar-refractivity contribution >= 4 is 23.1 Å². The van der Waals surface area contributed by atoms with Crippen LogP contribution in [0.5, 0.6) is 0 Å². The number of aryl methyl sites for hydroxylation is 1. The summed E-state index contributed by atoms with van der Waals surface area (Å²) in [6, 6.07) is 10.8. The van der Waals surface area contributed by atoms with Crippen LogP contribution in [0.3, 0.4) is 0 Å². The first kappa shape index (κ1) is 12.2. The first-order chi connectivity index (χ1) is 9.72. The Morgan fingerprint density at radius 1 is 1.15 bits per heavy atom. The van der Waals surface area contributed by atoms with E-state index in [1.807, 2.05) is 31.2 Å². The topological polar surface area (TPSA) is 71.3 Å². The number of anilines is 2. The molecule has 20 heavy (non-hydrogen) atoms. The van der Waals surface area contributed by atoms with E-state index in [0.29, 0.717) is 11.3 Å². The fraction of sp³-hybridized carbons (Fsp3) is 0.0714. The highest BCUT2D eigenvalue weighted by atomic mass is 16.2. The highest BCUT2D eigenvalue weighted by molar-refractivity contribution is 6.01. The van der Waals surface area contributed by atoms with E-state index in [0.717, 1.165) is 11.3 Å². The second-order valence-electron chi connectivity index (χ2n) is 4.40. The molecule has 100 valence electrons. The van der Waals surface area contributed by atoms with Gasteiger partial charge in [0.2, 0.25) is 0 Å². The quantitative estimate of drug-likeness (QED) is 0.749. The summed E-state index contributed by atoms with van der Waals surface area (Å²) in [5.41, 5.74) is 3.09. The minimum Gasteiger partial charge on any atom is -0.308 e. The van der Waals surface area contributed by atoms with Gasteiger partial charge < -0.3 is 10.6 Å². The lowest BCUT2D eigenvalue weighted by atomic mass is 10.2. The molecule has 6 nitrogen and oxygen atoms in total. The van der Waals surface area contributed by atoms with Gasteiger partial charge in [-0.3, -0.25) is 0 Å². The Morgan fingerprint density at radius 2 is 1.95 bits per heavy atom. The maximum Gasteiger partial charge on any atom is 0.323 e. The number of nitrogens with zero attached hydrogens (tertiary/aromatic N) is 3. The molecule has 0 aliphatic rings. The zero-order valence-corrected chi connectivity index (χ0v) is 10.9. The maximum atomic E-state index is 12.0. The summed E-state index contributed by atoms with van der Waals surface area (Å²) in [7, 11) is 0. The number of carbonyl (C=O) groups excluding carboxylic acids is 1. The Kier molecular flexibility index (Phi) is 3.04. The number of hydrogen-bond donors (Lipinski definition) is 2. The number of amides is 2. The highest BCUT2D eigenvalue weighted by Gasteiger charge is 2.07. The van der Waals surface area contributed by atoms with Gasteiger partial charge in [-0.1, -0.05) is 17.7 Å². The van der Waals surface area contributed by atoms with Crippen molar-refractivity contribution in [3.8, 4) is 0 Å². The van der Waals surface area contributed by atoms with Gasteiger partial charge in [-0.2, -0.15) is 5.10 Å². The molecule has 3 rings (SSSR count). The van der Waals surface area contributed by atoms with Crippen LogP contribution in [0.2, 0.25) is 0 Å². The van der Waals surface area contributed by atoms with Crippen LogP contribution in [0.1, 0.15) is 5.56 Å². The number of nitrogens with one attached hydrogen (secondary N) is 2. The van der Waals surface area contributed by atoms with Crippen LogP contribution in [0.15, 0.2) is 48.9 Å². The molecule has 0 saturated heterocycles. The molecule has 2 amide bonds. The predicted octanol–water partition coefficient (Wildman–Crippen LogP) is 2.68. The highest BCUT2D eigenvalue weighted by Crippen LogP contribution is 2.14. The number of aromatic nitrogens is 3. The van der Waals surface area contributed by atoms with Gasteiger partial charge in [0.1, 0.15) is 6.33 Å². The minimum absolute atomic E-state index is 0.315. The monoisotopic (exact) mass is 267 g/mol. The molecule has 3 aromatic rings. The van der Waals surface area contributed by atoms with E-state index in [4.69, 9.17) is 0 Å². The minimum atomic E-state index is -0.315. The van der Waals surface area contributed by atoms with Gasteiger partial charge in [0.05, 0.1) is 5.69 Å². The Morgan fingerprint density at radius 3 is 2.75 bits per heavy atom. The molecule has 0 fully saturated rings. The van der Waals surface area contributed by atoms with Crippen LogP contribution in [-0.2, 0) is 0 Å². The van der Waals surface area contributed by atoms with Crippen molar-refractivity contribution in [2.75, 3.05) is 10.6 Å². The van der Waals surface area contributed by atoms with Gasteiger partial charge in [-0.05, 0) is 31.2 Å². The average Bonchev–Trinajstić information content (AvgIpc) is 2.91. The fourth-order valence-electron chi connectivity index (χ4n) is 1.87. The second kappa shape index (κ2) is 5.00. The summed E-state index contributed by atoms with van der Waals surface area (Å²) in [6.45, 7) is 2.00. The zero-order chi connectivity index (χ0) is 13.9. The first-order valence-electron chi connectivity index (χ1n) is 6.15. The molecular weight excluding hydrogens is 254 g/mol. The van der Waals surface area contributed by atoms with E-state index < -0.39 is 0 Å². The molecule has 0 radical (unpaired) electrons. The van der Waals surface area contributed by atoms with Gasteiger partial charge in [0.25, 0.3) is 0 Å². The van der Waals surface area contributed by atoms with Gasteiger partial charge in [0, 0.05) is 11.9 Å². The molecule has 0 saturated carbocycles. The number of hydrogen-bond acceptors (Lipinski definition) is 3. The van der Waals surface area contributed by atoms with Crippen molar-refractivity contribution < 1.29 is 4.79 Å². The molecule has 0 spiro atoms. The molecule has 1 aromatic carbocycles. The molecule has 2 N–H and O–H groups in total. The van der Waals surface area contributed by atoms with Crippen LogP contribution >= 0.6 is 0 Å². The number of benzene rings is 1. The van der Waals surface area contributed by atoms with Crippen molar-refractivity contribution in [3.63, 3.8) is 0 Å². The predicted molar refractivity (Wildman–Crippen MR) is 76.8 cm³/mol. The maximum absolute atomic E-state index is 12.0. The largest absolute Gasteiger partial charge is 0.323 e. The van der Waals surface area contributed by atoms with Gasteiger partial charge in [-0.15, -0.1) is 0 Å². The smallest absolute Gasteiger partial charge is 0.308 e. The molecule has 0 aliphatic carbocycles. The molecule has 6 heteroatoms. The summed E-state index contributed by atoms with van der Waals surface area (Å²) in [5, 5.41) is 9.54. The summed E-state index contributed by atoms with van der Waals surface area (Å²) in [5.74, 6) is 0. The molecule has 0 bridgehead atoms. The van der Waals surface area contributed by atoms with Gasteiger partial charge >= 0.3 is 6.03 Å². The lowest BCUT2D eigenvalue weighted by Gasteiger charge is -2.08. The van der Waals surface area contributed by atoms with Crippen LogP contribution < -0.4 is 10.6 Å². The number of pyridine rings is 1. The lowest BCUT2D eigenvalue weighted by Crippen LogP contribution is -2.19. The third kappa shape index (κ3) is 2.44. The zero-order valence-electron chi connectivity index (χ0n) is 10.9. The normalized spacial score (nSPS) is 10.4. The SMILES string of the molecule is Cc1ccc(NC(=O)Nc2cccn3ncnc23)cc1. The summed E-state index contributed by atoms with van der Waals surface area (Å²) in [4.78, 5) is 16.1. The van der Waals surface area contributed by atoms with E-state index in [2.05, 4.69) is 20.7 Å². The van der Waals surface area contributed by atoms with Crippen molar-refractivity contribution in [1.29, 1.82) is 0 Å². The van der Waals surface area contributed by atoms with E-state index >= 15 is 0 Å². The van der Waals surface area contributed by atoms with Crippen molar-refractivity contribution in [3.05, 3.63) is 54.5 Å². The molecule has 2 aromatic heterocycles. The van der Waals surface area contributed by atoms with E-state index in [1.165, 1.54) is 6.33 Å². The van der Waals surface area contributed by atoms with Crippen LogP contribution in [0.25, 0.3) is 5.65 Å². The third-order valence-corrected chi connectivity index (χ3v) is 2.86. The molecule has 0 aliphatic heterocycles. The Hall–Kier alpha value is -2.89. The van der Waals surface area contributed by atoms with Gasteiger partial charge in [-0.25, -0.2) is 14.3 Å². The molecular formula is C14H13N5O. The second-order valence-corrected chi connectivity index (χ2v) is 4.40. The lowest BCUT2D eigenvalue weighted by molar-refractivity contribution is 0.262. The van der Waals surface area contributed by atoms with E-state index in [9.17, 15) is 4.79 Å².